The lowest BCUT2D eigenvalue weighted by molar-refractivity contribution is 0.254. The molecule has 0 atom stereocenters. The molecule has 2 amide bonds. The first-order chi connectivity index (χ1) is 6.26. The molecule has 0 saturated heterocycles. The van der Waals surface area contributed by atoms with Gasteiger partial charge in [0.05, 0.1) is 0 Å². The minimum Gasteiger partial charge on any atom is -0.341 e. The Hall–Kier alpha value is -1.10. The van der Waals surface area contributed by atoms with Gasteiger partial charge in [-0.15, -0.1) is 11.3 Å². The molecule has 5 heteroatoms. The van der Waals surface area contributed by atoms with Crippen LogP contribution in [0.5, 0.6) is 0 Å². The largest absolute Gasteiger partial charge is 0.341 e. The smallest absolute Gasteiger partial charge is 0.320 e. The zero-order valence-corrected chi connectivity index (χ0v) is 8.57. The average molecular weight is 199 g/mol. The molecule has 0 aliphatic rings. The predicted molar refractivity (Wildman–Crippen MR) is 54.2 cm³/mol. The lowest BCUT2D eigenvalue weighted by Crippen LogP contribution is -2.24. The van der Waals surface area contributed by atoms with Gasteiger partial charge in [-0.1, -0.05) is 13.3 Å². The van der Waals surface area contributed by atoms with Crippen LogP contribution >= 0.6 is 11.3 Å². The Bertz CT molecular complexity index is 285. The topological polar surface area (TPSA) is 54.0 Å². The molecule has 0 aliphatic heterocycles. The molecular weight excluding hydrogens is 186 g/mol. The number of rotatable bonds is 3. The van der Waals surface area contributed by atoms with Crippen LogP contribution < -0.4 is 10.6 Å². The van der Waals surface area contributed by atoms with E-state index in [0.717, 1.165) is 12.8 Å². The summed E-state index contributed by atoms with van der Waals surface area (Å²) >= 11 is 1.52. The van der Waals surface area contributed by atoms with Gasteiger partial charge >= 0.3 is 6.03 Å². The molecule has 2 N–H and O–H groups in total. The average Bonchev–Trinajstić information content (AvgIpc) is 2.53. The fourth-order valence-corrected chi connectivity index (χ4v) is 1.80. The van der Waals surface area contributed by atoms with E-state index in [2.05, 4.69) is 22.5 Å². The van der Waals surface area contributed by atoms with Crippen LogP contribution in [0.1, 0.15) is 18.2 Å². The number of nitrogens with zero attached hydrogens (tertiary/aromatic N) is 1. The molecule has 0 bridgehead atoms. The standard InChI is InChI=1S/C8H13N3OS/c1-3-4-6-5-10-8(13-6)11-7(12)9-2/h5H,3-4H2,1-2H3,(H2,9,10,11,12). The van der Waals surface area contributed by atoms with Crippen molar-refractivity contribution in [2.45, 2.75) is 19.8 Å². The summed E-state index contributed by atoms with van der Waals surface area (Å²) in [5.41, 5.74) is 0. The van der Waals surface area contributed by atoms with Crippen LogP contribution in [0.15, 0.2) is 6.20 Å². The van der Waals surface area contributed by atoms with E-state index in [-0.39, 0.29) is 6.03 Å². The fraction of sp³-hybridized carbons (Fsp3) is 0.500. The number of amides is 2. The van der Waals surface area contributed by atoms with Gasteiger partial charge in [-0.2, -0.15) is 0 Å². The van der Waals surface area contributed by atoms with Crippen molar-refractivity contribution in [2.24, 2.45) is 0 Å². The summed E-state index contributed by atoms with van der Waals surface area (Å²) in [6.45, 7) is 2.12. The van der Waals surface area contributed by atoms with Crippen LogP contribution in [0, 0.1) is 0 Å². The Morgan fingerprint density at radius 1 is 1.69 bits per heavy atom. The Morgan fingerprint density at radius 2 is 2.46 bits per heavy atom. The molecule has 0 spiro atoms. The first kappa shape index (κ1) is 9.98. The van der Waals surface area contributed by atoms with E-state index in [1.165, 1.54) is 16.2 Å². The van der Waals surface area contributed by atoms with E-state index in [9.17, 15) is 4.79 Å². The van der Waals surface area contributed by atoms with Crippen LogP contribution in [-0.4, -0.2) is 18.1 Å². The van der Waals surface area contributed by atoms with Gasteiger partial charge in [-0.25, -0.2) is 9.78 Å². The van der Waals surface area contributed by atoms with Gasteiger partial charge in [-0.05, 0) is 6.42 Å². The number of carbonyl (C=O) groups excluding carboxylic acids is 1. The second kappa shape index (κ2) is 4.81. The maximum Gasteiger partial charge on any atom is 0.320 e. The zero-order chi connectivity index (χ0) is 9.68. The second-order valence-corrected chi connectivity index (χ2v) is 3.70. The molecule has 1 rings (SSSR count). The predicted octanol–water partition coefficient (Wildman–Crippen LogP) is 1.85. The van der Waals surface area contributed by atoms with Crippen molar-refractivity contribution in [1.29, 1.82) is 0 Å². The fourth-order valence-electron chi connectivity index (χ4n) is 0.887. The molecule has 0 aliphatic carbocycles. The minimum atomic E-state index is -0.225. The lowest BCUT2D eigenvalue weighted by atomic mass is 10.3. The number of hydrogen-bond acceptors (Lipinski definition) is 3. The molecule has 0 fully saturated rings. The van der Waals surface area contributed by atoms with Crippen molar-refractivity contribution in [3.05, 3.63) is 11.1 Å². The summed E-state index contributed by atoms with van der Waals surface area (Å²) in [7, 11) is 1.58. The minimum absolute atomic E-state index is 0.225. The number of carbonyl (C=O) groups is 1. The monoisotopic (exact) mass is 199 g/mol. The first-order valence-electron chi connectivity index (χ1n) is 4.19. The number of aromatic nitrogens is 1. The zero-order valence-electron chi connectivity index (χ0n) is 7.76. The SMILES string of the molecule is CCCc1cnc(NC(=O)NC)s1. The van der Waals surface area contributed by atoms with E-state index in [1.54, 1.807) is 13.2 Å². The van der Waals surface area contributed by atoms with E-state index < -0.39 is 0 Å². The van der Waals surface area contributed by atoms with Gasteiger partial charge in [0.1, 0.15) is 0 Å². The molecule has 0 unspecified atom stereocenters. The highest BCUT2D eigenvalue weighted by Gasteiger charge is 2.03. The molecule has 0 aromatic carbocycles. The highest BCUT2D eigenvalue weighted by atomic mass is 32.1. The van der Waals surface area contributed by atoms with Crippen molar-refractivity contribution in [3.8, 4) is 0 Å². The number of aryl methyl sites for hydroxylation is 1. The molecular formula is C8H13N3OS. The highest BCUT2D eigenvalue weighted by molar-refractivity contribution is 7.15. The number of thiazole rings is 1. The summed E-state index contributed by atoms with van der Waals surface area (Å²) < 4.78 is 0. The van der Waals surface area contributed by atoms with Crippen molar-refractivity contribution in [1.82, 2.24) is 10.3 Å². The molecule has 1 aromatic heterocycles. The maximum absolute atomic E-state index is 10.9. The third-order valence-electron chi connectivity index (χ3n) is 1.50. The van der Waals surface area contributed by atoms with Crippen LogP contribution in [0.3, 0.4) is 0 Å². The normalized spacial score (nSPS) is 9.69. The Morgan fingerprint density at radius 3 is 3.08 bits per heavy atom. The Kier molecular flexibility index (Phi) is 3.70. The van der Waals surface area contributed by atoms with E-state index in [0.29, 0.717) is 5.13 Å². The summed E-state index contributed by atoms with van der Waals surface area (Å²) in [6.07, 6.45) is 3.92. The maximum atomic E-state index is 10.9. The summed E-state index contributed by atoms with van der Waals surface area (Å²) in [5.74, 6) is 0. The summed E-state index contributed by atoms with van der Waals surface area (Å²) in [5, 5.41) is 5.75. The highest BCUT2D eigenvalue weighted by Crippen LogP contribution is 2.18. The number of anilines is 1. The van der Waals surface area contributed by atoms with Crippen molar-refractivity contribution in [3.63, 3.8) is 0 Å². The van der Waals surface area contributed by atoms with Crippen LogP contribution in [0.25, 0.3) is 0 Å². The van der Waals surface area contributed by atoms with Gasteiger partial charge in [-0.3, -0.25) is 5.32 Å². The van der Waals surface area contributed by atoms with E-state index in [4.69, 9.17) is 0 Å². The molecule has 0 radical (unpaired) electrons. The van der Waals surface area contributed by atoms with Crippen LogP contribution in [0.4, 0.5) is 9.93 Å². The second-order valence-electron chi connectivity index (χ2n) is 2.59. The number of hydrogen-bond donors (Lipinski definition) is 2. The number of urea groups is 1. The quantitative estimate of drug-likeness (QED) is 0.780. The third kappa shape index (κ3) is 3.02. The number of nitrogens with one attached hydrogen (secondary N) is 2. The molecule has 13 heavy (non-hydrogen) atoms. The molecule has 72 valence electrons. The van der Waals surface area contributed by atoms with Crippen LogP contribution in [-0.2, 0) is 6.42 Å². The van der Waals surface area contributed by atoms with Gasteiger partial charge in [0.15, 0.2) is 5.13 Å². The Labute approximate surface area is 81.4 Å². The molecule has 1 aromatic rings. The first-order valence-corrected chi connectivity index (χ1v) is 5.01. The summed E-state index contributed by atoms with van der Waals surface area (Å²) in [6, 6.07) is -0.225. The molecule has 1 heterocycles. The third-order valence-corrected chi connectivity index (χ3v) is 2.47. The van der Waals surface area contributed by atoms with E-state index in [1.807, 2.05) is 0 Å². The molecule has 0 saturated carbocycles. The van der Waals surface area contributed by atoms with Crippen molar-refractivity contribution in [2.75, 3.05) is 12.4 Å². The van der Waals surface area contributed by atoms with Gasteiger partial charge in [0.2, 0.25) is 0 Å². The van der Waals surface area contributed by atoms with Crippen molar-refractivity contribution >= 4 is 22.5 Å². The lowest BCUT2D eigenvalue weighted by Gasteiger charge is -1.97. The van der Waals surface area contributed by atoms with E-state index >= 15 is 0 Å². The van der Waals surface area contributed by atoms with Crippen LogP contribution in [0.2, 0.25) is 0 Å². The van der Waals surface area contributed by atoms with Gasteiger partial charge in [0, 0.05) is 18.1 Å². The van der Waals surface area contributed by atoms with Crippen molar-refractivity contribution < 1.29 is 4.79 Å². The van der Waals surface area contributed by atoms with Gasteiger partial charge in [0.25, 0.3) is 0 Å². The van der Waals surface area contributed by atoms with Gasteiger partial charge < -0.3 is 5.32 Å². The molecule has 4 nitrogen and oxygen atoms in total. The Balaban J connectivity index is 2.53. The summed E-state index contributed by atoms with van der Waals surface area (Å²) in [4.78, 5) is 16.2.